The van der Waals surface area contributed by atoms with Gasteiger partial charge < -0.3 is 9.47 Å². The van der Waals surface area contributed by atoms with Gasteiger partial charge in [0.05, 0.1) is 12.2 Å². The molecule has 46 heavy (non-hydrogen) atoms. The van der Waals surface area contributed by atoms with Crippen molar-refractivity contribution in [3.05, 3.63) is 158 Å². The first-order valence-corrected chi connectivity index (χ1v) is 18.6. The average Bonchev–Trinajstić information content (AvgIpc) is 3.08. The molecule has 0 saturated heterocycles. The van der Waals surface area contributed by atoms with Crippen molar-refractivity contribution < 1.29 is 9.47 Å². The van der Waals surface area contributed by atoms with Crippen LogP contribution in [0.3, 0.4) is 0 Å². The third kappa shape index (κ3) is 7.10. The fourth-order valence-electron chi connectivity index (χ4n) is 5.76. The van der Waals surface area contributed by atoms with Crippen molar-refractivity contribution in [3.63, 3.8) is 0 Å². The van der Waals surface area contributed by atoms with Crippen LogP contribution in [0.4, 0.5) is 0 Å². The van der Waals surface area contributed by atoms with Crippen LogP contribution in [0.2, 0.25) is 0 Å². The van der Waals surface area contributed by atoms with E-state index in [1.807, 2.05) is 0 Å². The summed E-state index contributed by atoms with van der Waals surface area (Å²) in [5.74, 6) is 1.85. The van der Waals surface area contributed by atoms with Gasteiger partial charge in [0.15, 0.2) is 0 Å². The minimum absolute atomic E-state index is 0.0261. The van der Waals surface area contributed by atoms with Crippen molar-refractivity contribution in [3.8, 4) is 22.6 Å². The SMILES string of the molecule is CC(C)Oc1cccc(-c2cccc(OC(C)C)c2P(c2ccccc2)c2ccccc2)c1P(c1ccccc1)c1ccccc1. The van der Waals surface area contributed by atoms with Gasteiger partial charge in [0.2, 0.25) is 0 Å². The standard InChI is InChI=1S/C42H40O2P2/c1-31(2)43-39-29-17-27-37(41(39)45(33-19-9-5-10-20-33)34-21-11-6-12-22-34)38-28-18-30-40(44-32(3)4)42(38)46(35-23-13-7-14-24-35)36-25-15-8-16-26-36/h5-32H,1-4H3. The fourth-order valence-corrected chi connectivity index (χ4v) is 10.8. The molecule has 0 N–H and O–H groups in total. The van der Waals surface area contributed by atoms with E-state index in [-0.39, 0.29) is 12.2 Å². The van der Waals surface area contributed by atoms with Crippen molar-refractivity contribution >= 4 is 47.7 Å². The van der Waals surface area contributed by atoms with E-state index >= 15 is 0 Å². The second-order valence-corrected chi connectivity index (χ2v) is 16.0. The lowest BCUT2D eigenvalue weighted by molar-refractivity contribution is 0.244. The molecule has 6 aromatic rings. The maximum Gasteiger partial charge on any atom is 0.128 e. The second-order valence-electron chi connectivity index (χ2n) is 11.7. The van der Waals surface area contributed by atoms with E-state index in [0.717, 1.165) is 11.5 Å². The summed E-state index contributed by atoms with van der Waals surface area (Å²) in [6, 6.07) is 56.7. The van der Waals surface area contributed by atoms with Crippen molar-refractivity contribution in [1.29, 1.82) is 0 Å². The highest BCUT2D eigenvalue weighted by Gasteiger charge is 2.30. The minimum atomic E-state index is -0.967. The Labute approximate surface area is 276 Å². The lowest BCUT2D eigenvalue weighted by Gasteiger charge is -2.29. The topological polar surface area (TPSA) is 18.5 Å². The summed E-state index contributed by atoms with van der Waals surface area (Å²) in [4.78, 5) is 0. The zero-order valence-corrected chi connectivity index (χ0v) is 28.7. The molecule has 0 aliphatic rings. The molecule has 4 heteroatoms. The minimum Gasteiger partial charge on any atom is -0.490 e. The summed E-state index contributed by atoms with van der Waals surface area (Å²) in [5.41, 5.74) is 2.36. The largest absolute Gasteiger partial charge is 0.490 e. The van der Waals surface area contributed by atoms with E-state index in [1.54, 1.807) is 0 Å². The first-order chi connectivity index (χ1) is 22.5. The molecule has 0 radical (unpaired) electrons. The molecule has 0 fully saturated rings. The Hall–Kier alpha value is -4.22. The molecule has 230 valence electrons. The van der Waals surface area contributed by atoms with E-state index in [4.69, 9.17) is 9.47 Å². The van der Waals surface area contributed by atoms with Gasteiger partial charge in [0.1, 0.15) is 11.5 Å². The fraction of sp³-hybridized carbons (Fsp3) is 0.143. The lowest BCUT2D eigenvalue weighted by Crippen LogP contribution is -2.28. The molecule has 0 spiro atoms. The van der Waals surface area contributed by atoms with Crippen molar-refractivity contribution in [2.24, 2.45) is 0 Å². The van der Waals surface area contributed by atoms with E-state index in [0.29, 0.717) is 0 Å². The Kier molecular flexibility index (Phi) is 10.3. The molecule has 0 amide bonds. The summed E-state index contributed by atoms with van der Waals surface area (Å²) < 4.78 is 13.4. The van der Waals surface area contributed by atoms with E-state index in [9.17, 15) is 0 Å². The summed E-state index contributed by atoms with van der Waals surface area (Å²) in [6.07, 6.45) is 0.0523. The van der Waals surface area contributed by atoms with Crippen LogP contribution >= 0.6 is 15.8 Å². The highest BCUT2D eigenvalue weighted by atomic mass is 31.1. The smallest absolute Gasteiger partial charge is 0.128 e. The van der Waals surface area contributed by atoms with Gasteiger partial charge in [0, 0.05) is 10.6 Å². The van der Waals surface area contributed by atoms with Crippen LogP contribution in [0.25, 0.3) is 11.1 Å². The van der Waals surface area contributed by atoms with Gasteiger partial charge in [-0.05, 0) is 88.0 Å². The van der Waals surface area contributed by atoms with Crippen LogP contribution in [0.1, 0.15) is 27.7 Å². The van der Waals surface area contributed by atoms with Gasteiger partial charge in [-0.25, -0.2) is 0 Å². The summed E-state index contributed by atoms with van der Waals surface area (Å²) in [7, 11) is -1.93. The Morgan fingerprint density at radius 2 is 0.630 bits per heavy atom. The molecule has 6 rings (SSSR count). The maximum atomic E-state index is 6.69. The van der Waals surface area contributed by atoms with Crippen molar-refractivity contribution in [2.45, 2.75) is 39.9 Å². The van der Waals surface area contributed by atoms with Gasteiger partial charge in [-0.15, -0.1) is 0 Å². The zero-order valence-electron chi connectivity index (χ0n) is 26.9. The average molecular weight is 639 g/mol. The Morgan fingerprint density at radius 3 is 0.891 bits per heavy atom. The molecule has 0 aromatic heterocycles. The van der Waals surface area contributed by atoms with Crippen molar-refractivity contribution in [2.75, 3.05) is 0 Å². The van der Waals surface area contributed by atoms with E-state index < -0.39 is 15.8 Å². The first kappa shape index (κ1) is 31.7. The molecule has 0 aliphatic carbocycles. The van der Waals surface area contributed by atoms with Crippen LogP contribution in [-0.2, 0) is 0 Å². The van der Waals surface area contributed by atoms with Gasteiger partial charge in [-0.3, -0.25) is 0 Å². The van der Waals surface area contributed by atoms with Crippen LogP contribution in [0.5, 0.6) is 11.5 Å². The predicted octanol–water partition coefficient (Wildman–Crippen LogP) is 8.44. The molecule has 0 aliphatic heterocycles. The van der Waals surface area contributed by atoms with Crippen molar-refractivity contribution in [1.82, 2.24) is 0 Å². The highest BCUT2D eigenvalue weighted by Crippen LogP contribution is 2.45. The molecule has 0 unspecified atom stereocenters. The molecule has 0 bridgehead atoms. The quantitative estimate of drug-likeness (QED) is 0.133. The van der Waals surface area contributed by atoms with E-state index in [2.05, 4.69) is 185 Å². The zero-order chi connectivity index (χ0) is 31.9. The molecule has 0 heterocycles. The molecule has 2 nitrogen and oxygen atoms in total. The Morgan fingerprint density at radius 1 is 0.348 bits per heavy atom. The number of rotatable bonds is 11. The van der Waals surface area contributed by atoms with Crippen LogP contribution in [0.15, 0.2) is 158 Å². The third-order valence-corrected chi connectivity index (χ3v) is 12.6. The molecular weight excluding hydrogens is 598 g/mol. The normalized spacial score (nSPS) is 11.4. The summed E-state index contributed by atoms with van der Waals surface area (Å²) in [5, 5.41) is 7.59. The number of hydrogen-bond acceptors (Lipinski definition) is 2. The number of ether oxygens (including phenoxy) is 2. The Balaban J connectivity index is 1.71. The maximum absolute atomic E-state index is 6.69. The molecular formula is C42H40O2P2. The Bertz CT molecular complexity index is 1620. The summed E-state index contributed by atoms with van der Waals surface area (Å²) >= 11 is 0. The van der Waals surface area contributed by atoms with Crippen LogP contribution in [0, 0.1) is 0 Å². The number of hydrogen-bond donors (Lipinski definition) is 0. The van der Waals surface area contributed by atoms with Gasteiger partial charge >= 0.3 is 0 Å². The monoisotopic (exact) mass is 638 g/mol. The van der Waals surface area contributed by atoms with Crippen LogP contribution in [-0.4, -0.2) is 12.2 Å². The number of benzene rings is 6. The lowest BCUT2D eigenvalue weighted by atomic mass is 10.0. The van der Waals surface area contributed by atoms with Gasteiger partial charge in [-0.1, -0.05) is 146 Å². The predicted molar refractivity (Wildman–Crippen MR) is 201 cm³/mol. The van der Waals surface area contributed by atoms with Gasteiger partial charge in [-0.2, -0.15) is 0 Å². The van der Waals surface area contributed by atoms with Crippen LogP contribution < -0.4 is 41.3 Å². The van der Waals surface area contributed by atoms with Gasteiger partial charge in [0.25, 0.3) is 0 Å². The molecule has 6 aromatic carbocycles. The highest BCUT2D eigenvalue weighted by molar-refractivity contribution is 7.81. The molecule has 0 atom stereocenters. The third-order valence-electron chi connectivity index (χ3n) is 7.52. The second kappa shape index (κ2) is 14.9. The molecule has 0 saturated carbocycles. The summed E-state index contributed by atoms with van der Waals surface area (Å²) in [6.45, 7) is 8.43. The van der Waals surface area contributed by atoms with E-state index in [1.165, 1.54) is 43.0 Å². The first-order valence-electron chi connectivity index (χ1n) is 15.9.